The van der Waals surface area contributed by atoms with Gasteiger partial charge in [0.05, 0.1) is 0 Å². The number of likely N-dealkylation sites (N-methyl/N-ethyl adjacent to an activating group) is 1. The van der Waals surface area contributed by atoms with Gasteiger partial charge < -0.3 is 16.1 Å². The Morgan fingerprint density at radius 1 is 1.31 bits per heavy atom. The maximum absolute atomic E-state index is 3.12. The zero-order valence-electron chi connectivity index (χ0n) is 8.35. The molecule has 0 unspecified atom stereocenters. The van der Waals surface area contributed by atoms with Crippen LogP contribution in [-0.2, 0) is 0 Å². The van der Waals surface area contributed by atoms with E-state index in [2.05, 4.69) is 27.8 Å². The number of hydrazine groups is 2. The molecule has 5 heteroatoms. The maximum Gasteiger partial charge on any atom is 0.0481 e. The Morgan fingerprint density at radius 3 is 2.77 bits per heavy atom. The Labute approximate surface area is 79.5 Å². The molecule has 13 heavy (non-hydrogen) atoms. The molecule has 4 N–H and O–H groups in total. The largest absolute Gasteiger partial charge is 0.319 e. The van der Waals surface area contributed by atoms with E-state index in [-0.39, 0.29) is 0 Å². The first-order valence-electron chi connectivity index (χ1n) is 4.65. The summed E-state index contributed by atoms with van der Waals surface area (Å²) in [6, 6.07) is 0. The van der Waals surface area contributed by atoms with Crippen molar-refractivity contribution < 1.29 is 0 Å². The van der Waals surface area contributed by atoms with Gasteiger partial charge in [-0.15, -0.1) is 5.53 Å². The number of nitrogens with one attached hydrogen (secondary N) is 4. The first-order valence-corrected chi connectivity index (χ1v) is 4.65. The van der Waals surface area contributed by atoms with Crippen molar-refractivity contribution in [2.75, 3.05) is 33.7 Å². The summed E-state index contributed by atoms with van der Waals surface area (Å²) in [4.78, 5) is 0. The molecule has 0 amide bonds. The predicted octanol–water partition coefficient (Wildman–Crippen LogP) is -1.02. The Hall–Kier alpha value is -0.780. The van der Waals surface area contributed by atoms with Crippen molar-refractivity contribution >= 4 is 0 Å². The van der Waals surface area contributed by atoms with E-state index in [1.807, 2.05) is 19.1 Å². The van der Waals surface area contributed by atoms with Gasteiger partial charge in [-0.2, -0.15) is 0 Å². The van der Waals surface area contributed by atoms with Gasteiger partial charge in [0.2, 0.25) is 0 Å². The third-order valence-electron chi connectivity index (χ3n) is 1.92. The van der Waals surface area contributed by atoms with Crippen LogP contribution in [0.4, 0.5) is 0 Å². The van der Waals surface area contributed by atoms with E-state index in [1.54, 1.807) is 0 Å². The smallest absolute Gasteiger partial charge is 0.0481 e. The first kappa shape index (κ1) is 10.3. The van der Waals surface area contributed by atoms with Crippen molar-refractivity contribution in [2.24, 2.45) is 0 Å². The summed E-state index contributed by atoms with van der Waals surface area (Å²) in [6.07, 6.45) is 3.13. The molecule has 0 saturated heterocycles. The van der Waals surface area contributed by atoms with Crippen molar-refractivity contribution in [1.82, 2.24) is 26.6 Å². The zero-order chi connectivity index (χ0) is 9.52. The SMILES string of the molecule is CNCCC1=CN(CCNC)NN1. The summed E-state index contributed by atoms with van der Waals surface area (Å²) in [5, 5.41) is 8.26. The second kappa shape index (κ2) is 5.80. The van der Waals surface area contributed by atoms with E-state index in [0.717, 1.165) is 26.1 Å². The second-order valence-corrected chi connectivity index (χ2v) is 3.04. The first-order chi connectivity index (χ1) is 6.36. The second-order valence-electron chi connectivity index (χ2n) is 3.04. The van der Waals surface area contributed by atoms with Crippen molar-refractivity contribution in [3.8, 4) is 0 Å². The van der Waals surface area contributed by atoms with Gasteiger partial charge in [0.15, 0.2) is 0 Å². The highest BCUT2D eigenvalue weighted by Crippen LogP contribution is 2.01. The minimum atomic E-state index is 0.965. The summed E-state index contributed by atoms with van der Waals surface area (Å²) in [5.41, 5.74) is 7.42. The van der Waals surface area contributed by atoms with Gasteiger partial charge in [-0.3, -0.25) is 5.01 Å². The van der Waals surface area contributed by atoms with Crippen LogP contribution in [0.1, 0.15) is 6.42 Å². The van der Waals surface area contributed by atoms with Crippen LogP contribution >= 0.6 is 0 Å². The number of hydrogen-bond donors (Lipinski definition) is 4. The molecule has 0 bridgehead atoms. The average Bonchev–Trinajstić information content (AvgIpc) is 2.59. The lowest BCUT2D eigenvalue weighted by Crippen LogP contribution is -2.39. The van der Waals surface area contributed by atoms with Gasteiger partial charge >= 0.3 is 0 Å². The van der Waals surface area contributed by atoms with Gasteiger partial charge in [0.1, 0.15) is 0 Å². The standard InChI is InChI=1S/C8H19N5/c1-9-4-3-8-7-13(12-11-8)6-5-10-2/h7,9-12H,3-6H2,1-2H3. The van der Waals surface area contributed by atoms with E-state index < -0.39 is 0 Å². The Bertz CT molecular complexity index is 168. The maximum atomic E-state index is 3.12. The van der Waals surface area contributed by atoms with E-state index in [4.69, 9.17) is 0 Å². The highest BCUT2D eigenvalue weighted by Gasteiger charge is 2.08. The highest BCUT2D eigenvalue weighted by atomic mass is 15.7. The van der Waals surface area contributed by atoms with Gasteiger partial charge in [-0.1, -0.05) is 0 Å². The monoisotopic (exact) mass is 185 g/mol. The molecule has 0 radical (unpaired) electrons. The van der Waals surface area contributed by atoms with Gasteiger partial charge in [-0.25, -0.2) is 0 Å². The normalized spacial score (nSPS) is 15.8. The quantitative estimate of drug-likeness (QED) is 0.427. The zero-order valence-corrected chi connectivity index (χ0v) is 8.35. The molecule has 0 aromatic heterocycles. The molecular formula is C8H19N5. The van der Waals surface area contributed by atoms with Crippen LogP contribution < -0.4 is 21.6 Å². The van der Waals surface area contributed by atoms with Crippen LogP contribution in [0.3, 0.4) is 0 Å². The minimum Gasteiger partial charge on any atom is -0.319 e. The van der Waals surface area contributed by atoms with Crippen LogP contribution in [-0.4, -0.2) is 38.7 Å². The molecule has 0 atom stereocenters. The summed E-state index contributed by atoms with van der Waals surface area (Å²) in [6.45, 7) is 2.94. The van der Waals surface area contributed by atoms with Gasteiger partial charge in [0, 0.05) is 38.0 Å². The van der Waals surface area contributed by atoms with Crippen molar-refractivity contribution in [3.63, 3.8) is 0 Å². The molecule has 1 aliphatic heterocycles. The van der Waals surface area contributed by atoms with Gasteiger partial charge in [0.25, 0.3) is 0 Å². The minimum absolute atomic E-state index is 0.965. The van der Waals surface area contributed by atoms with Crippen molar-refractivity contribution in [2.45, 2.75) is 6.42 Å². The topological polar surface area (TPSA) is 51.4 Å². The molecule has 5 nitrogen and oxygen atoms in total. The summed E-state index contributed by atoms with van der Waals surface area (Å²) in [5.74, 6) is 0. The van der Waals surface area contributed by atoms with E-state index in [0.29, 0.717) is 0 Å². The molecule has 0 aromatic carbocycles. The fourth-order valence-corrected chi connectivity index (χ4v) is 1.14. The number of hydrogen-bond acceptors (Lipinski definition) is 5. The third kappa shape index (κ3) is 3.63. The lowest BCUT2D eigenvalue weighted by atomic mass is 10.3. The Balaban J connectivity index is 2.18. The predicted molar refractivity (Wildman–Crippen MR) is 53.5 cm³/mol. The molecule has 0 fully saturated rings. The molecular weight excluding hydrogens is 166 g/mol. The third-order valence-corrected chi connectivity index (χ3v) is 1.92. The Kier molecular flexibility index (Phi) is 4.59. The summed E-state index contributed by atoms with van der Waals surface area (Å²) in [7, 11) is 3.91. The number of nitrogens with zero attached hydrogens (tertiary/aromatic N) is 1. The van der Waals surface area contributed by atoms with Crippen LogP contribution in [0.2, 0.25) is 0 Å². The summed E-state index contributed by atoms with van der Waals surface area (Å²) < 4.78 is 0. The van der Waals surface area contributed by atoms with Crippen LogP contribution in [0.5, 0.6) is 0 Å². The molecule has 1 aliphatic rings. The van der Waals surface area contributed by atoms with Crippen LogP contribution in [0.25, 0.3) is 0 Å². The Morgan fingerprint density at radius 2 is 2.08 bits per heavy atom. The molecule has 0 aliphatic carbocycles. The molecule has 0 spiro atoms. The van der Waals surface area contributed by atoms with E-state index in [1.165, 1.54) is 5.70 Å². The summed E-state index contributed by atoms with van der Waals surface area (Å²) >= 11 is 0. The fourth-order valence-electron chi connectivity index (χ4n) is 1.14. The van der Waals surface area contributed by atoms with Gasteiger partial charge in [-0.05, 0) is 14.1 Å². The molecule has 0 saturated carbocycles. The van der Waals surface area contributed by atoms with E-state index in [9.17, 15) is 0 Å². The molecule has 1 heterocycles. The van der Waals surface area contributed by atoms with Crippen molar-refractivity contribution in [1.29, 1.82) is 0 Å². The number of rotatable bonds is 6. The van der Waals surface area contributed by atoms with Crippen LogP contribution in [0, 0.1) is 0 Å². The van der Waals surface area contributed by atoms with Crippen LogP contribution in [0.15, 0.2) is 11.9 Å². The molecule has 1 rings (SSSR count). The molecule has 76 valence electrons. The van der Waals surface area contributed by atoms with E-state index >= 15 is 0 Å². The molecule has 0 aromatic rings. The highest BCUT2D eigenvalue weighted by molar-refractivity contribution is 5.01. The average molecular weight is 185 g/mol. The fraction of sp³-hybridized carbons (Fsp3) is 0.750. The lowest BCUT2D eigenvalue weighted by molar-refractivity contribution is 0.272. The lowest BCUT2D eigenvalue weighted by Gasteiger charge is -2.13. The van der Waals surface area contributed by atoms with Crippen molar-refractivity contribution in [3.05, 3.63) is 11.9 Å².